The number of carbonyl (C=O) groups is 2. The van der Waals surface area contributed by atoms with Gasteiger partial charge in [0.15, 0.2) is 6.61 Å². The average Bonchev–Trinajstić information content (AvgIpc) is 3.12. The van der Waals surface area contributed by atoms with E-state index in [4.69, 9.17) is 16.3 Å². The van der Waals surface area contributed by atoms with Crippen molar-refractivity contribution in [2.24, 2.45) is 0 Å². The van der Waals surface area contributed by atoms with Gasteiger partial charge in [0.2, 0.25) is 10.0 Å². The highest BCUT2D eigenvalue weighted by atomic mass is 35.5. The topological polar surface area (TPSA) is 113 Å². The number of rotatable bonds is 6. The number of sulfonamides is 1. The van der Waals surface area contributed by atoms with E-state index in [1.54, 1.807) is 37.3 Å². The third-order valence-electron chi connectivity index (χ3n) is 5.08. The van der Waals surface area contributed by atoms with Gasteiger partial charge >= 0.3 is 5.97 Å². The molecule has 0 aliphatic carbocycles. The predicted molar refractivity (Wildman–Crippen MR) is 115 cm³/mol. The number of amides is 1. The largest absolute Gasteiger partial charge is 0.454 e. The molecule has 0 radical (unpaired) electrons. The van der Waals surface area contributed by atoms with E-state index in [9.17, 15) is 23.1 Å². The lowest BCUT2D eigenvalue weighted by molar-refractivity contribution is -0.150. The second kappa shape index (κ2) is 9.35. The van der Waals surface area contributed by atoms with Gasteiger partial charge in [-0.3, -0.25) is 9.59 Å². The first-order valence-electron chi connectivity index (χ1n) is 9.58. The van der Waals surface area contributed by atoms with Crippen molar-refractivity contribution in [3.63, 3.8) is 0 Å². The molecule has 0 saturated carbocycles. The Morgan fingerprint density at radius 3 is 2.58 bits per heavy atom. The van der Waals surface area contributed by atoms with Crippen LogP contribution in [0.5, 0.6) is 0 Å². The van der Waals surface area contributed by atoms with Crippen molar-refractivity contribution in [3.05, 3.63) is 58.6 Å². The molecule has 0 spiro atoms. The molecule has 1 fully saturated rings. The standard InChI is InChI=1S/C21H23ClN2O6S/c1-13-7-8-16(9-14(13)2)31(28,29)24-11-15(25)10-19(24)21(27)30-12-20(26)23-18-6-4-3-5-17(18)22/h3-9,15,19,25H,10-12H2,1-2H3,(H,23,26)/t15?,19-/m0/s1. The van der Waals surface area contributed by atoms with E-state index in [1.165, 1.54) is 12.1 Å². The summed E-state index contributed by atoms with van der Waals surface area (Å²) in [5.74, 6) is -1.53. The Balaban J connectivity index is 1.70. The molecule has 8 nitrogen and oxygen atoms in total. The third-order valence-corrected chi connectivity index (χ3v) is 7.28. The fraction of sp³-hybridized carbons (Fsp3) is 0.333. The molecule has 2 N–H and O–H groups in total. The number of benzene rings is 2. The summed E-state index contributed by atoms with van der Waals surface area (Å²) in [4.78, 5) is 24.7. The number of carbonyl (C=O) groups excluding carboxylic acids is 2. The lowest BCUT2D eigenvalue weighted by atomic mass is 10.1. The van der Waals surface area contributed by atoms with Gasteiger partial charge in [0.25, 0.3) is 5.91 Å². The van der Waals surface area contributed by atoms with Gasteiger partial charge in [-0.25, -0.2) is 8.42 Å². The Bertz CT molecular complexity index is 1100. The maximum Gasteiger partial charge on any atom is 0.325 e. The summed E-state index contributed by atoms with van der Waals surface area (Å²) in [6, 6.07) is 10.0. The number of nitrogens with zero attached hydrogens (tertiary/aromatic N) is 1. The molecule has 0 bridgehead atoms. The second-order valence-corrected chi connectivity index (χ2v) is 9.66. The number of anilines is 1. The summed E-state index contributed by atoms with van der Waals surface area (Å²) in [5, 5.41) is 12.9. The third kappa shape index (κ3) is 5.24. The lowest BCUT2D eigenvalue weighted by Crippen LogP contribution is -2.42. The van der Waals surface area contributed by atoms with Crippen molar-refractivity contribution in [1.82, 2.24) is 4.31 Å². The highest BCUT2D eigenvalue weighted by Crippen LogP contribution is 2.28. The highest BCUT2D eigenvalue weighted by Gasteiger charge is 2.44. The maximum atomic E-state index is 13.1. The SMILES string of the molecule is Cc1ccc(S(=O)(=O)N2CC(O)C[C@H]2C(=O)OCC(=O)Nc2ccccc2Cl)cc1C. The molecule has 1 aliphatic heterocycles. The van der Waals surface area contributed by atoms with E-state index in [1.807, 2.05) is 6.92 Å². The van der Waals surface area contributed by atoms with E-state index in [2.05, 4.69) is 5.32 Å². The molecule has 1 unspecified atom stereocenters. The van der Waals surface area contributed by atoms with Crippen LogP contribution in [0.2, 0.25) is 5.02 Å². The van der Waals surface area contributed by atoms with E-state index in [0.29, 0.717) is 10.7 Å². The van der Waals surface area contributed by atoms with Gasteiger partial charge in [0, 0.05) is 13.0 Å². The number of hydrogen-bond acceptors (Lipinski definition) is 6. The van der Waals surface area contributed by atoms with E-state index < -0.39 is 40.7 Å². The molecule has 1 heterocycles. The molecule has 2 aromatic carbocycles. The van der Waals surface area contributed by atoms with Gasteiger partial charge < -0.3 is 15.2 Å². The monoisotopic (exact) mass is 466 g/mol. The van der Waals surface area contributed by atoms with Gasteiger partial charge in [-0.2, -0.15) is 4.31 Å². The Kier molecular flexibility index (Phi) is 7.00. The van der Waals surface area contributed by atoms with Crippen molar-refractivity contribution < 1.29 is 27.9 Å². The maximum absolute atomic E-state index is 13.1. The first kappa shape index (κ1) is 23.2. The minimum atomic E-state index is -4.04. The summed E-state index contributed by atoms with van der Waals surface area (Å²) < 4.78 is 32.1. The summed E-state index contributed by atoms with van der Waals surface area (Å²) in [6.07, 6.45) is -1.13. The number of aryl methyl sites for hydroxylation is 2. The van der Waals surface area contributed by atoms with Gasteiger partial charge in [0.05, 0.1) is 21.7 Å². The van der Waals surface area contributed by atoms with E-state index in [-0.39, 0.29) is 17.9 Å². The molecule has 1 aliphatic rings. The summed E-state index contributed by atoms with van der Waals surface area (Å²) in [6.45, 7) is 2.80. The zero-order valence-corrected chi connectivity index (χ0v) is 18.6. The van der Waals surface area contributed by atoms with Crippen LogP contribution in [-0.2, 0) is 24.3 Å². The summed E-state index contributed by atoms with van der Waals surface area (Å²) in [5.41, 5.74) is 2.08. The van der Waals surface area contributed by atoms with Gasteiger partial charge in [-0.1, -0.05) is 29.8 Å². The smallest absolute Gasteiger partial charge is 0.325 e. The molecule has 0 aromatic heterocycles. The zero-order valence-electron chi connectivity index (χ0n) is 17.0. The van der Waals surface area contributed by atoms with Crippen LogP contribution in [0.15, 0.2) is 47.4 Å². The first-order valence-corrected chi connectivity index (χ1v) is 11.4. The molecular formula is C21H23ClN2O6S. The van der Waals surface area contributed by atoms with Gasteiger partial charge in [0.1, 0.15) is 6.04 Å². The Labute approximate surface area is 185 Å². The fourth-order valence-corrected chi connectivity index (χ4v) is 5.15. The molecule has 2 aromatic rings. The quantitative estimate of drug-likeness (QED) is 0.631. The number of aliphatic hydroxyl groups excluding tert-OH is 1. The predicted octanol–water partition coefficient (Wildman–Crippen LogP) is 2.26. The van der Waals surface area contributed by atoms with Crippen molar-refractivity contribution in [2.45, 2.75) is 37.3 Å². The zero-order chi connectivity index (χ0) is 22.8. The number of para-hydroxylation sites is 1. The molecule has 166 valence electrons. The molecule has 31 heavy (non-hydrogen) atoms. The summed E-state index contributed by atoms with van der Waals surface area (Å²) in [7, 11) is -4.04. The normalized spacial score (nSPS) is 19.2. The number of aliphatic hydroxyl groups is 1. The van der Waals surface area contributed by atoms with Crippen molar-refractivity contribution in [3.8, 4) is 0 Å². The van der Waals surface area contributed by atoms with Crippen molar-refractivity contribution in [1.29, 1.82) is 0 Å². The van der Waals surface area contributed by atoms with Crippen LogP contribution in [-0.4, -0.2) is 55.0 Å². The number of nitrogens with one attached hydrogen (secondary N) is 1. The fourth-order valence-electron chi connectivity index (χ4n) is 3.26. The number of esters is 1. The van der Waals surface area contributed by atoms with Crippen LogP contribution in [0, 0.1) is 13.8 Å². The number of hydrogen-bond donors (Lipinski definition) is 2. The Hall–Kier alpha value is -2.46. The van der Waals surface area contributed by atoms with Crippen LogP contribution in [0.1, 0.15) is 17.5 Å². The number of β-amino-alcohol motifs (C(OH)–C–C–N with tert-alkyl or cyclic N) is 1. The highest BCUT2D eigenvalue weighted by molar-refractivity contribution is 7.89. The average molecular weight is 467 g/mol. The minimum absolute atomic E-state index is 0.0268. The van der Waals surface area contributed by atoms with Crippen LogP contribution < -0.4 is 5.32 Å². The van der Waals surface area contributed by atoms with Crippen LogP contribution in [0.4, 0.5) is 5.69 Å². The van der Waals surface area contributed by atoms with E-state index in [0.717, 1.165) is 15.4 Å². The molecule has 1 amide bonds. The van der Waals surface area contributed by atoms with Crippen molar-refractivity contribution in [2.75, 3.05) is 18.5 Å². The second-order valence-electron chi connectivity index (χ2n) is 7.36. The van der Waals surface area contributed by atoms with Crippen LogP contribution in [0.3, 0.4) is 0 Å². The van der Waals surface area contributed by atoms with Crippen molar-refractivity contribution >= 4 is 39.2 Å². The number of ether oxygens (including phenoxy) is 1. The first-order chi connectivity index (χ1) is 14.6. The summed E-state index contributed by atoms with van der Waals surface area (Å²) >= 11 is 5.98. The Morgan fingerprint density at radius 2 is 1.90 bits per heavy atom. The Morgan fingerprint density at radius 1 is 1.19 bits per heavy atom. The van der Waals surface area contributed by atoms with Gasteiger partial charge in [-0.15, -0.1) is 0 Å². The number of halogens is 1. The molecule has 2 atom stereocenters. The van der Waals surface area contributed by atoms with Crippen LogP contribution in [0.25, 0.3) is 0 Å². The minimum Gasteiger partial charge on any atom is -0.454 e. The molecule has 10 heteroatoms. The molecule has 3 rings (SSSR count). The van der Waals surface area contributed by atoms with E-state index >= 15 is 0 Å². The van der Waals surface area contributed by atoms with Gasteiger partial charge in [-0.05, 0) is 49.2 Å². The van der Waals surface area contributed by atoms with Crippen LogP contribution >= 0.6 is 11.6 Å². The molecule has 1 saturated heterocycles. The molecular weight excluding hydrogens is 444 g/mol. The lowest BCUT2D eigenvalue weighted by Gasteiger charge is -2.22.